The molecule has 0 heterocycles. The van der Waals surface area contributed by atoms with Gasteiger partial charge in [-0.1, -0.05) is 42.2 Å². The van der Waals surface area contributed by atoms with Crippen molar-refractivity contribution in [1.82, 2.24) is 0 Å². The highest BCUT2D eigenvalue weighted by Gasteiger charge is 2.10. The van der Waals surface area contributed by atoms with E-state index in [2.05, 4.69) is 11.8 Å². The van der Waals surface area contributed by atoms with Crippen molar-refractivity contribution in [2.45, 2.75) is 6.92 Å². The van der Waals surface area contributed by atoms with Crippen LogP contribution in [0.15, 0.2) is 42.5 Å². The van der Waals surface area contributed by atoms with Gasteiger partial charge in [0.1, 0.15) is 6.61 Å². The summed E-state index contributed by atoms with van der Waals surface area (Å²) in [6.45, 7) is 1.73. The topological polar surface area (TPSA) is 57.5 Å². The lowest BCUT2D eigenvalue weighted by molar-refractivity contribution is 0.0697. The van der Waals surface area contributed by atoms with E-state index in [-0.39, 0.29) is 12.2 Å². The Morgan fingerprint density at radius 1 is 1.15 bits per heavy atom. The van der Waals surface area contributed by atoms with Gasteiger partial charge in [0.05, 0.1) is 5.56 Å². The summed E-state index contributed by atoms with van der Waals surface area (Å²) in [6, 6.07) is 12.7. The van der Waals surface area contributed by atoms with E-state index in [4.69, 9.17) is 10.2 Å². The van der Waals surface area contributed by atoms with E-state index in [1.165, 1.54) is 6.07 Å². The maximum Gasteiger partial charge on any atom is 0.335 e. The van der Waals surface area contributed by atoms with E-state index in [9.17, 15) is 4.79 Å². The second-order valence-corrected chi connectivity index (χ2v) is 4.34. The van der Waals surface area contributed by atoms with E-state index in [0.717, 1.165) is 16.7 Å². The van der Waals surface area contributed by atoms with Crippen molar-refractivity contribution in [3.05, 3.63) is 59.2 Å². The zero-order valence-corrected chi connectivity index (χ0v) is 11.1. The van der Waals surface area contributed by atoms with E-state index in [1.54, 1.807) is 12.1 Å². The lowest BCUT2D eigenvalue weighted by atomic mass is 9.94. The molecule has 3 heteroatoms. The molecule has 2 rings (SSSR count). The first kappa shape index (κ1) is 13.9. The Hall–Kier alpha value is -2.57. The first-order chi connectivity index (χ1) is 9.63. The molecule has 0 radical (unpaired) electrons. The van der Waals surface area contributed by atoms with Crippen LogP contribution in [0.3, 0.4) is 0 Å². The predicted molar refractivity (Wildman–Crippen MR) is 77.5 cm³/mol. The molecule has 0 bridgehead atoms. The highest BCUT2D eigenvalue weighted by Crippen LogP contribution is 2.27. The summed E-state index contributed by atoms with van der Waals surface area (Å²) in [5, 5.41) is 17.9. The van der Waals surface area contributed by atoms with Crippen molar-refractivity contribution in [2.24, 2.45) is 0 Å². The third-order valence-electron chi connectivity index (χ3n) is 3.00. The summed E-state index contributed by atoms with van der Waals surface area (Å²) in [6.07, 6.45) is 0. The average Bonchev–Trinajstić information content (AvgIpc) is 2.45. The van der Waals surface area contributed by atoms with Crippen LogP contribution >= 0.6 is 0 Å². The molecule has 0 saturated carbocycles. The Morgan fingerprint density at radius 3 is 2.55 bits per heavy atom. The number of hydrogen-bond acceptors (Lipinski definition) is 2. The van der Waals surface area contributed by atoms with E-state index < -0.39 is 5.97 Å². The molecule has 0 spiro atoms. The van der Waals surface area contributed by atoms with Crippen molar-refractivity contribution in [1.29, 1.82) is 0 Å². The minimum absolute atomic E-state index is 0.185. The molecule has 0 aromatic heterocycles. The van der Waals surface area contributed by atoms with Gasteiger partial charge >= 0.3 is 5.97 Å². The number of hydrogen-bond donors (Lipinski definition) is 2. The maximum absolute atomic E-state index is 11.0. The van der Waals surface area contributed by atoms with Gasteiger partial charge in [0.15, 0.2) is 0 Å². The summed E-state index contributed by atoms with van der Waals surface area (Å²) in [5.41, 5.74) is 3.75. The zero-order chi connectivity index (χ0) is 14.5. The zero-order valence-electron chi connectivity index (χ0n) is 11.1. The fraction of sp³-hybridized carbons (Fsp3) is 0.118. The molecule has 0 fully saturated rings. The van der Waals surface area contributed by atoms with Crippen LogP contribution < -0.4 is 0 Å². The van der Waals surface area contributed by atoms with E-state index >= 15 is 0 Å². The molecule has 3 nitrogen and oxygen atoms in total. The van der Waals surface area contributed by atoms with Crippen molar-refractivity contribution in [2.75, 3.05) is 6.61 Å². The molecule has 0 saturated heterocycles. The fourth-order valence-electron chi connectivity index (χ4n) is 2.03. The van der Waals surface area contributed by atoms with E-state index in [0.29, 0.717) is 5.56 Å². The minimum atomic E-state index is -0.992. The highest BCUT2D eigenvalue weighted by atomic mass is 16.4. The molecule has 0 aliphatic rings. The van der Waals surface area contributed by atoms with Crippen molar-refractivity contribution >= 4 is 5.97 Å². The molecule has 0 atom stereocenters. The van der Waals surface area contributed by atoms with Gasteiger partial charge in [-0.3, -0.25) is 0 Å². The second-order valence-electron chi connectivity index (χ2n) is 4.34. The Balaban J connectivity index is 2.63. The molecule has 2 aromatic rings. The Kier molecular flexibility index (Phi) is 4.19. The lowest BCUT2D eigenvalue weighted by Gasteiger charge is -2.09. The largest absolute Gasteiger partial charge is 0.478 e. The van der Waals surface area contributed by atoms with E-state index in [1.807, 2.05) is 31.2 Å². The monoisotopic (exact) mass is 266 g/mol. The summed E-state index contributed by atoms with van der Waals surface area (Å²) < 4.78 is 0. The number of rotatable bonds is 2. The second kappa shape index (κ2) is 6.05. The lowest BCUT2D eigenvalue weighted by Crippen LogP contribution is -1.98. The van der Waals surface area contributed by atoms with Gasteiger partial charge in [-0.15, -0.1) is 0 Å². The van der Waals surface area contributed by atoms with Crippen molar-refractivity contribution < 1.29 is 15.0 Å². The molecular weight excluding hydrogens is 252 g/mol. The molecule has 100 valence electrons. The van der Waals surface area contributed by atoms with Gasteiger partial charge in [0, 0.05) is 5.56 Å². The molecule has 0 aliphatic carbocycles. The highest BCUT2D eigenvalue weighted by molar-refractivity contribution is 5.90. The number of benzene rings is 2. The number of aromatic carboxylic acids is 1. The molecule has 0 amide bonds. The Bertz CT molecular complexity index is 706. The van der Waals surface area contributed by atoms with Crippen LogP contribution in [0.25, 0.3) is 11.1 Å². The summed E-state index contributed by atoms with van der Waals surface area (Å²) in [5.74, 6) is 4.40. The van der Waals surface area contributed by atoms with Crippen LogP contribution in [0.1, 0.15) is 21.5 Å². The maximum atomic E-state index is 11.0. The fourth-order valence-corrected chi connectivity index (χ4v) is 2.03. The van der Waals surface area contributed by atoms with Crippen LogP contribution in [0.2, 0.25) is 0 Å². The van der Waals surface area contributed by atoms with Gasteiger partial charge in [0.2, 0.25) is 0 Å². The minimum Gasteiger partial charge on any atom is -0.478 e. The third kappa shape index (κ3) is 2.87. The van der Waals surface area contributed by atoms with Crippen LogP contribution in [0.4, 0.5) is 0 Å². The number of aliphatic hydroxyl groups is 1. The summed E-state index contributed by atoms with van der Waals surface area (Å²) in [4.78, 5) is 11.0. The van der Waals surface area contributed by atoms with Gasteiger partial charge in [-0.25, -0.2) is 4.79 Å². The van der Waals surface area contributed by atoms with Gasteiger partial charge in [-0.2, -0.15) is 0 Å². The molecule has 2 aromatic carbocycles. The Labute approximate surface area is 117 Å². The first-order valence-corrected chi connectivity index (χ1v) is 6.16. The third-order valence-corrected chi connectivity index (χ3v) is 3.00. The van der Waals surface area contributed by atoms with Gasteiger partial charge in [-0.05, 0) is 35.7 Å². The number of carboxylic acid groups (broad SMARTS) is 1. The van der Waals surface area contributed by atoms with Crippen LogP contribution in [0.5, 0.6) is 0 Å². The SMILES string of the molecule is Cc1ccccc1-c1ccc(C(=O)O)cc1C#CCO. The van der Waals surface area contributed by atoms with Crippen LogP contribution in [-0.4, -0.2) is 22.8 Å². The molecule has 0 aliphatic heterocycles. The quantitative estimate of drug-likeness (QED) is 0.822. The molecule has 2 N–H and O–H groups in total. The normalized spacial score (nSPS) is 9.70. The van der Waals surface area contributed by atoms with Gasteiger partial charge in [0.25, 0.3) is 0 Å². The summed E-state index contributed by atoms with van der Waals surface area (Å²) >= 11 is 0. The van der Waals surface area contributed by atoms with Crippen molar-refractivity contribution in [3.63, 3.8) is 0 Å². The molecule has 0 unspecified atom stereocenters. The number of carbonyl (C=O) groups is 1. The molecular formula is C17H14O3. The molecule has 20 heavy (non-hydrogen) atoms. The summed E-state index contributed by atoms with van der Waals surface area (Å²) in [7, 11) is 0. The smallest absolute Gasteiger partial charge is 0.335 e. The Morgan fingerprint density at radius 2 is 1.90 bits per heavy atom. The van der Waals surface area contributed by atoms with Gasteiger partial charge < -0.3 is 10.2 Å². The predicted octanol–water partition coefficient (Wildman–Crippen LogP) is 2.70. The average molecular weight is 266 g/mol. The number of aryl methyl sites for hydroxylation is 1. The van der Waals surface area contributed by atoms with Crippen molar-refractivity contribution in [3.8, 4) is 23.0 Å². The first-order valence-electron chi connectivity index (χ1n) is 6.16. The van der Waals surface area contributed by atoms with Crippen LogP contribution in [-0.2, 0) is 0 Å². The number of carboxylic acids is 1. The standard InChI is InChI=1S/C17H14O3/c1-12-5-2-3-7-15(12)16-9-8-14(17(19)20)11-13(16)6-4-10-18/h2-3,5,7-9,11,18H,10H2,1H3,(H,19,20). The van der Waals surface area contributed by atoms with Crippen LogP contribution in [0, 0.1) is 18.8 Å². The number of aliphatic hydroxyl groups excluding tert-OH is 1.